The molecule has 1 aromatic rings. The van der Waals surface area contributed by atoms with Gasteiger partial charge in [-0.05, 0) is 32.4 Å². The van der Waals surface area contributed by atoms with Gasteiger partial charge in [0.2, 0.25) is 0 Å². The Labute approximate surface area is 112 Å². The number of ether oxygens (including phenoxy) is 1. The van der Waals surface area contributed by atoms with Crippen LogP contribution in [-0.4, -0.2) is 31.8 Å². The molecule has 0 amide bonds. The number of carbonyl (C=O) groups is 1. The first-order valence-corrected chi connectivity index (χ1v) is 6.06. The van der Waals surface area contributed by atoms with Gasteiger partial charge in [-0.3, -0.25) is 4.79 Å². The van der Waals surface area contributed by atoms with E-state index in [9.17, 15) is 9.18 Å². The Morgan fingerprint density at radius 1 is 1.47 bits per heavy atom. The Bertz CT molecular complexity index is 460. The number of anilines is 1. The van der Waals surface area contributed by atoms with Crippen LogP contribution in [-0.2, 0) is 4.79 Å². The monoisotopic (exact) mass is 269 g/mol. The molecule has 0 radical (unpaired) electrons. The molecule has 1 aromatic carbocycles. The number of hydrogen-bond acceptors (Lipinski definition) is 3. The molecular weight excluding hydrogens is 249 g/mol. The van der Waals surface area contributed by atoms with Gasteiger partial charge in [0.1, 0.15) is 0 Å². The molecule has 0 atom stereocenters. The van der Waals surface area contributed by atoms with Gasteiger partial charge in [0.25, 0.3) is 0 Å². The fourth-order valence-corrected chi connectivity index (χ4v) is 1.58. The maximum Gasteiger partial charge on any atom is 0.309 e. The zero-order chi connectivity index (χ0) is 14.6. The second-order valence-electron chi connectivity index (χ2n) is 5.18. The van der Waals surface area contributed by atoms with Gasteiger partial charge in [-0.15, -0.1) is 0 Å². The SMILES string of the molecule is COc1ccc(N(C)CCC(C)(C)C(=O)O)cc1F. The van der Waals surface area contributed by atoms with E-state index in [0.29, 0.717) is 18.7 Å². The van der Waals surface area contributed by atoms with Crippen LogP contribution in [0, 0.1) is 11.2 Å². The lowest BCUT2D eigenvalue weighted by atomic mass is 9.89. The molecule has 0 aromatic heterocycles. The van der Waals surface area contributed by atoms with Crippen LogP contribution >= 0.6 is 0 Å². The first-order chi connectivity index (χ1) is 8.77. The van der Waals surface area contributed by atoms with E-state index >= 15 is 0 Å². The van der Waals surface area contributed by atoms with Crippen LogP contribution in [0.1, 0.15) is 20.3 Å². The predicted molar refractivity (Wildman–Crippen MR) is 72.3 cm³/mol. The second-order valence-corrected chi connectivity index (χ2v) is 5.18. The van der Waals surface area contributed by atoms with Crippen LogP contribution in [0.3, 0.4) is 0 Å². The number of hydrogen-bond donors (Lipinski definition) is 1. The lowest BCUT2D eigenvalue weighted by molar-refractivity contribution is -0.147. The van der Waals surface area contributed by atoms with Gasteiger partial charge in [-0.2, -0.15) is 0 Å². The Balaban J connectivity index is 2.71. The molecule has 4 nitrogen and oxygen atoms in total. The minimum atomic E-state index is -0.832. The molecular formula is C14H20FNO3. The molecule has 1 rings (SSSR count). The zero-order valence-corrected chi connectivity index (χ0v) is 11.7. The number of methoxy groups -OCH3 is 1. The third kappa shape index (κ3) is 3.84. The fourth-order valence-electron chi connectivity index (χ4n) is 1.58. The number of carboxylic acid groups (broad SMARTS) is 1. The summed E-state index contributed by atoms with van der Waals surface area (Å²) in [4.78, 5) is 12.8. The summed E-state index contributed by atoms with van der Waals surface area (Å²) < 4.78 is 18.4. The van der Waals surface area contributed by atoms with Crippen LogP contribution < -0.4 is 9.64 Å². The van der Waals surface area contributed by atoms with Gasteiger partial charge in [-0.25, -0.2) is 4.39 Å². The highest BCUT2D eigenvalue weighted by Gasteiger charge is 2.27. The molecule has 0 saturated heterocycles. The summed E-state index contributed by atoms with van der Waals surface area (Å²) in [6.07, 6.45) is 0.479. The maximum absolute atomic E-state index is 13.6. The third-order valence-electron chi connectivity index (χ3n) is 3.23. The minimum Gasteiger partial charge on any atom is -0.494 e. The van der Waals surface area contributed by atoms with Gasteiger partial charge in [0.05, 0.1) is 12.5 Å². The standard InChI is InChI=1S/C14H20FNO3/c1-14(2,13(17)18)7-8-16(3)10-5-6-12(19-4)11(15)9-10/h5-6,9H,7-8H2,1-4H3,(H,17,18). The van der Waals surface area contributed by atoms with Crippen molar-refractivity contribution in [1.29, 1.82) is 0 Å². The average Bonchev–Trinajstić information content (AvgIpc) is 2.35. The average molecular weight is 269 g/mol. The van der Waals surface area contributed by atoms with E-state index in [-0.39, 0.29) is 5.75 Å². The molecule has 106 valence electrons. The molecule has 1 N–H and O–H groups in total. The van der Waals surface area contributed by atoms with Gasteiger partial charge >= 0.3 is 5.97 Å². The highest BCUT2D eigenvalue weighted by Crippen LogP contribution is 2.25. The van der Waals surface area contributed by atoms with Crippen molar-refractivity contribution in [3.05, 3.63) is 24.0 Å². The second kappa shape index (κ2) is 5.91. The number of nitrogens with zero attached hydrogens (tertiary/aromatic N) is 1. The van der Waals surface area contributed by atoms with E-state index in [1.54, 1.807) is 33.0 Å². The fraction of sp³-hybridized carbons (Fsp3) is 0.500. The van der Waals surface area contributed by atoms with E-state index in [2.05, 4.69) is 0 Å². The number of aliphatic carboxylic acids is 1. The van der Waals surface area contributed by atoms with Gasteiger partial charge in [0.15, 0.2) is 11.6 Å². The third-order valence-corrected chi connectivity index (χ3v) is 3.23. The first-order valence-electron chi connectivity index (χ1n) is 6.06. The Morgan fingerprint density at radius 2 is 2.11 bits per heavy atom. The van der Waals surface area contributed by atoms with E-state index in [1.165, 1.54) is 13.2 Å². The summed E-state index contributed by atoms with van der Waals surface area (Å²) in [7, 11) is 3.22. The Morgan fingerprint density at radius 3 is 2.58 bits per heavy atom. The van der Waals surface area contributed by atoms with Crippen molar-refractivity contribution in [3.8, 4) is 5.75 Å². The smallest absolute Gasteiger partial charge is 0.309 e. The molecule has 0 fully saturated rings. The van der Waals surface area contributed by atoms with Gasteiger partial charge in [0, 0.05) is 25.3 Å². The minimum absolute atomic E-state index is 0.197. The predicted octanol–water partition coefficient (Wildman–Crippen LogP) is 2.77. The molecule has 0 bridgehead atoms. The van der Waals surface area contributed by atoms with Crippen molar-refractivity contribution >= 4 is 11.7 Å². The lowest BCUT2D eigenvalue weighted by Crippen LogP contribution is -2.30. The number of rotatable bonds is 6. The highest BCUT2D eigenvalue weighted by atomic mass is 19.1. The zero-order valence-electron chi connectivity index (χ0n) is 11.7. The number of benzene rings is 1. The summed E-state index contributed by atoms with van der Waals surface area (Å²) >= 11 is 0. The normalized spacial score (nSPS) is 11.2. The summed E-state index contributed by atoms with van der Waals surface area (Å²) in [6, 6.07) is 4.69. The van der Waals surface area contributed by atoms with Crippen LogP contribution in [0.5, 0.6) is 5.75 Å². The van der Waals surface area contributed by atoms with E-state index in [0.717, 1.165) is 0 Å². The van der Waals surface area contributed by atoms with Crippen molar-refractivity contribution in [1.82, 2.24) is 0 Å². The molecule has 0 spiro atoms. The first kappa shape index (κ1) is 15.3. The van der Waals surface area contributed by atoms with Crippen molar-refractivity contribution in [2.24, 2.45) is 5.41 Å². The highest BCUT2D eigenvalue weighted by molar-refractivity contribution is 5.73. The molecule has 0 saturated carbocycles. The Hall–Kier alpha value is -1.78. The molecule has 0 unspecified atom stereocenters. The summed E-state index contributed by atoms with van der Waals surface area (Å²) in [6.45, 7) is 3.89. The van der Waals surface area contributed by atoms with Crippen LogP contribution in [0.4, 0.5) is 10.1 Å². The summed E-state index contributed by atoms with van der Waals surface area (Å²) in [5.74, 6) is -1.06. The van der Waals surface area contributed by atoms with Crippen molar-refractivity contribution in [2.75, 3.05) is 25.6 Å². The van der Waals surface area contributed by atoms with E-state index < -0.39 is 17.2 Å². The largest absolute Gasteiger partial charge is 0.494 e. The van der Waals surface area contributed by atoms with Gasteiger partial charge in [-0.1, -0.05) is 0 Å². The van der Waals surface area contributed by atoms with Crippen molar-refractivity contribution in [2.45, 2.75) is 20.3 Å². The van der Waals surface area contributed by atoms with Crippen LogP contribution in [0.2, 0.25) is 0 Å². The molecule has 5 heteroatoms. The van der Waals surface area contributed by atoms with E-state index in [4.69, 9.17) is 9.84 Å². The topological polar surface area (TPSA) is 49.8 Å². The number of carboxylic acids is 1. The molecule has 0 aliphatic carbocycles. The van der Waals surface area contributed by atoms with E-state index in [1.807, 2.05) is 4.90 Å². The van der Waals surface area contributed by atoms with Crippen molar-refractivity contribution in [3.63, 3.8) is 0 Å². The molecule has 0 aliphatic rings. The van der Waals surface area contributed by atoms with Crippen LogP contribution in [0.25, 0.3) is 0 Å². The quantitative estimate of drug-likeness (QED) is 0.862. The molecule has 0 aliphatic heterocycles. The summed E-state index contributed by atoms with van der Waals surface area (Å²) in [5, 5.41) is 9.04. The molecule has 19 heavy (non-hydrogen) atoms. The molecule has 0 heterocycles. The van der Waals surface area contributed by atoms with Crippen LogP contribution in [0.15, 0.2) is 18.2 Å². The summed E-state index contributed by atoms with van der Waals surface area (Å²) in [5.41, 5.74) is -0.0984. The van der Waals surface area contributed by atoms with Crippen molar-refractivity contribution < 1.29 is 19.0 Å². The Kier molecular flexibility index (Phi) is 4.75. The van der Waals surface area contributed by atoms with Gasteiger partial charge < -0.3 is 14.7 Å². The maximum atomic E-state index is 13.6. The number of halogens is 1. The lowest BCUT2D eigenvalue weighted by Gasteiger charge is -2.25.